The third-order valence-corrected chi connectivity index (χ3v) is 6.14. The van der Waals surface area contributed by atoms with Crippen LogP contribution >= 0.6 is 0 Å². The minimum absolute atomic E-state index is 0.204. The molecule has 198 valence electrons. The molecule has 2 heterocycles. The van der Waals surface area contributed by atoms with Gasteiger partial charge in [0.1, 0.15) is 5.75 Å². The molecule has 0 aliphatic heterocycles. The van der Waals surface area contributed by atoms with Crippen LogP contribution in [0.2, 0.25) is 0 Å². The molecule has 38 heavy (non-hydrogen) atoms. The highest BCUT2D eigenvalue weighted by Gasteiger charge is 2.27. The first-order valence-electron chi connectivity index (χ1n) is 12.6. The Balaban J connectivity index is 1.85. The van der Waals surface area contributed by atoms with Gasteiger partial charge >= 0.3 is 5.97 Å². The third kappa shape index (κ3) is 5.64. The highest BCUT2D eigenvalue weighted by Crippen LogP contribution is 2.35. The first-order valence-corrected chi connectivity index (χ1v) is 12.6. The van der Waals surface area contributed by atoms with Crippen LogP contribution in [0.3, 0.4) is 0 Å². The van der Waals surface area contributed by atoms with E-state index in [1.165, 1.54) is 0 Å². The van der Waals surface area contributed by atoms with Crippen molar-refractivity contribution in [2.75, 3.05) is 19.0 Å². The number of aryl methyl sites for hydroxylation is 1. The van der Waals surface area contributed by atoms with E-state index in [2.05, 4.69) is 10.4 Å². The van der Waals surface area contributed by atoms with Crippen molar-refractivity contribution in [1.29, 1.82) is 0 Å². The van der Waals surface area contributed by atoms with Crippen molar-refractivity contribution in [2.24, 2.45) is 0 Å². The molecule has 0 aliphatic carbocycles. The van der Waals surface area contributed by atoms with Gasteiger partial charge in [-0.25, -0.2) is 4.79 Å². The Bertz CT molecular complexity index is 1430. The quantitative estimate of drug-likeness (QED) is 0.296. The number of nitrogens with zero attached hydrogens (tertiary/aromatic N) is 3. The lowest BCUT2D eigenvalue weighted by Crippen LogP contribution is -2.25. The van der Waals surface area contributed by atoms with Crippen molar-refractivity contribution < 1.29 is 19.1 Å². The zero-order chi connectivity index (χ0) is 27.4. The van der Waals surface area contributed by atoms with Crippen molar-refractivity contribution >= 4 is 17.6 Å². The molecule has 0 unspecified atom stereocenters. The molecule has 4 aromatic rings. The lowest BCUT2D eigenvalue weighted by Gasteiger charge is -2.21. The van der Waals surface area contributed by atoms with Crippen molar-refractivity contribution in [3.8, 4) is 16.9 Å². The zero-order valence-corrected chi connectivity index (χ0v) is 22.7. The molecule has 0 fully saturated rings. The maximum Gasteiger partial charge on any atom is 0.357 e. The summed E-state index contributed by atoms with van der Waals surface area (Å²) in [4.78, 5) is 26.8. The monoisotopic (exact) mass is 514 g/mol. The van der Waals surface area contributed by atoms with Crippen LogP contribution in [0.4, 0.5) is 5.69 Å². The lowest BCUT2D eigenvalue weighted by molar-refractivity contribution is 0.0515. The van der Waals surface area contributed by atoms with Gasteiger partial charge in [0.15, 0.2) is 11.4 Å². The molecule has 8 heteroatoms. The second-order valence-corrected chi connectivity index (χ2v) is 10.0. The van der Waals surface area contributed by atoms with E-state index in [0.717, 1.165) is 16.8 Å². The fraction of sp³-hybridized carbons (Fsp3) is 0.300. The standard InChI is InChI=1S/C30H34N4O4/c1-7-38-29(36)27-26(31-28(35)25-17-20(2)34(32-25)30(3,4)5)24(22-13-15-23(37-6)16-14-22)19-33(27)18-21-11-9-8-10-12-21/h8-17,19H,7,18H2,1-6H3,(H,31,35). The molecule has 0 spiro atoms. The van der Waals surface area contributed by atoms with Crippen LogP contribution in [0.15, 0.2) is 66.9 Å². The molecule has 4 rings (SSSR count). The van der Waals surface area contributed by atoms with E-state index in [1.807, 2.05) is 97.7 Å². The van der Waals surface area contributed by atoms with Crippen molar-refractivity contribution in [1.82, 2.24) is 14.3 Å². The molecule has 1 N–H and O–H groups in total. The van der Waals surface area contributed by atoms with Gasteiger partial charge in [0.25, 0.3) is 5.91 Å². The number of aromatic nitrogens is 3. The van der Waals surface area contributed by atoms with Gasteiger partial charge in [-0.2, -0.15) is 5.10 Å². The number of nitrogens with one attached hydrogen (secondary N) is 1. The molecule has 0 atom stereocenters. The van der Waals surface area contributed by atoms with Gasteiger partial charge in [-0.15, -0.1) is 0 Å². The normalized spacial score (nSPS) is 11.3. The van der Waals surface area contributed by atoms with E-state index in [4.69, 9.17) is 9.47 Å². The number of benzene rings is 2. The number of methoxy groups -OCH3 is 1. The van der Waals surface area contributed by atoms with Crippen molar-refractivity contribution in [3.05, 3.63) is 89.5 Å². The van der Waals surface area contributed by atoms with Crippen LogP contribution in [0.5, 0.6) is 5.75 Å². The van der Waals surface area contributed by atoms with Crippen LogP contribution < -0.4 is 10.1 Å². The molecule has 0 saturated heterocycles. The topological polar surface area (TPSA) is 87.4 Å². The highest BCUT2D eigenvalue weighted by molar-refractivity contribution is 6.10. The van der Waals surface area contributed by atoms with E-state index in [1.54, 1.807) is 20.1 Å². The minimum atomic E-state index is -0.519. The summed E-state index contributed by atoms with van der Waals surface area (Å²) < 4.78 is 14.4. The van der Waals surface area contributed by atoms with Gasteiger partial charge in [-0.1, -0.05) is 42.5 Å². The van der Waals surface area contributed by atoms with Crippen LogP contribution in [0.25, 0.3) is 11.1 Å². The van der Waals surface area contributed by atoms with Gasteiger partial charge in [0.05, 0.1) is 24.9 Å². The Morgan fingerprint density at radius 3 is 2.29 bits per heavy atom. The summed E-state index contributed by atoms with van der Waals surface area (Å²) in [5, 5.41) is 7.55. The summed E-state index contributed by atoms with van der Waals surface area (Å²) in [5.41, 5.74) is 3.99. The fourth-order valence-corrected chi connectivity index (χ4v) is 4.44. The smallest absolute Gasteiger partial charge is 0.357 e. The maximum atomic E-state index is 13.5. The van der Waals surface area contributed by atoms with Gasteiger partial charge < -0.3 is 19.4 Å². The molecule has 1 amide bonds. The number of hydrogen-bond donors (Lipinski definition) is 1. The maximum absolute atomic E-state index is 13.5. The molecular weight excluding hydrogens is 480 g/mol. The van der Waals surface area contributed by atoms with E-state index >= 15 is 0 Å². The Morgan fingerprint density at radius 2 is 1.71 bits per heavy atom. The molecule has 0 radical (unpaired) electrons. The van der Waals surface area contributed by atoms with Gasteiger partial charge in [-0.05, 0) is 63.9 Å². The number of rotatable bonds is 8. The summed E-state index contributed by atoms with van der Waals surface area (Å²) in [7, 11) is 1.61. The summed E-state index contributed by atoms with van der Waals surface area (Å²) in [6.45, 7) is 10.4. The minimum Gasteiger partial charge on any atom is -0.497 e. The van der Waals surface area contributed by atoms with E-state index in [0.29, 0.717) is 23.5 Å². The molecule has 8 nitrogen and oxygen atoms in total. The van der Waals surface area contributed by atoms with Crippen LogP contribution in [0, 0.1) is 6.92 Å². The lowest BCUT2D eigenvalue weighted by atomic mass is 10.1. The molecule has 0 bridgehead atoms. The Hall–Kier alpha value is -4.33. The summed E-state index contributed by atoms with van der Waals surface area (Å²) in [6.07, 6.45) is 1.87. The molecule has 2 aromatic carbocycles. The Kier molecular flexibility index (Phi) is 7.71. The Labute approximate surface area is 223 Å². The number of ether oxygens (including phenoxy) is 2. The van der Waals surface area contributed by atoms with Crippen LogP contribution in [0.1, 0.15) is 59.9 Å². The predicted molar refractivity (Wildman–Crippen MR) is 148 cm³/mol. The number of anilines is 1. The van der Waals surface area contributed by atoms with Gasteiger partial charge in [0, 0.05) is 24.0 Å². The van der Waals surface area contributed by atoms with Crippen molar-refractivity contribution in [3.63, 3.8) is 0 Å². The SMILES string of the molecule is CCOC(=O)c1c(NC(=O)c2cc(C)n(C(C)(C)C)n2)c(-c2ccc(OC)cc2)cn1Cc1ccccc1. The number of carbonyl (C=O) groups excluding carboxylic acids is 2. The summed E-state index contributed by atoms with van der Waals surface area (Å²) in [5.74, 6) is -0.222. The number of carbonyl (C=O) groups is 2. The van der Waals surface area contributed by atoms with E-state index in [-0.39, 0.29) is 23.5 Å². The second kappa shape index (κ2) is 11.0. The molecule has 2 aromatic heterocycles. The number of esters is 1. The third-order valence-electron chi connectivity index (χ3n) is 6.14. The van der Waals surface area contributed by atoms with Crippen LogP contribution in [-0.2, 0) is 16.8 Å². The predicted octanol–water partition coefficient (Wildman–Crippen LogP) is 5.90. The van der Waals surface area contributed by atoms with Crippen LogP contribution in [-0.4, -0.2) is 39.9 Å². The summed E-state index contributed by atoms with van der Waals surface area (Å²) >= 11 is 0. The Morgan fingerprint density at radius 1 is 1.03 bits per heavy atom. The van der Waals surface area contributed by atoms with Crippen molar-refractivity contribution in [2.45, 2.75) is 46.7 Å². The molecular formula is C30H34N4O4. The summed E-state index contributed by atoms with van der Waals surface area (Å²) in [6, 6.07) is 19.0. The van der Waals surface area contributed by atoms with E-state index in [9.17, 15) is 9.59 Å². The largest absolute Gasteiger partial charge is 0.497 e. The average molecular weight is 515 g/mol. The second-order valence-electron chi connectivity index (χ2n) is 10.0. The average Bonchev–Trinajstić information content (AvgIpc) is 3.45. The highest BCUT2D eigenvalue weighted by atomic mass is 16.5. The van der Waals surface area contributed by atoms with Gasteiger partial charge in [-0.3, -0.25) is 9.48 Å². The number of amides is 1. The first-order chi connectivity index (χ1) is 18.1. The number of hydrogen-bond acceptors (Lipinski definition) is 5. The fourth-order valence-electron chi connectivity index (χ4n) is 4.44. The molecule has 0 saturated carbocycles. The van der Waals surface area contributed by atoms with E-state index < -0.39 is 11.9 Å². The zero-order valence-electron chi connectivity index (χ0n) is 22.7. The van der Waals surface area contributed by atoms with Gasteiger partial charge in [0.2, 0.25) is 0 Å². The molecule has 0 aliphatic rings. The first kappa shape index (κ1) is 26.7.